The number of nitrogen functional groups attached to an aromatic ring is 1. The molecule has 0 aliphatic carbocycles. The van der Waals surface area contributed by atoms with Crippen LogP contribution in [0.15, 0.2) is 54.7 Å². The van der Waals surface area contributed by atoms with Gasteiger partial charge in [0, 0.05) is 30.9 Å². The van der Waals surface area contributed by atoms with E-state index in [1.165, 1.54) is 11.0 Å². The number of amides is 1. The topological polar surface area (TPSA) is 115 Å². The van der Waals surface area contributed by atoms with Crippen molar-refractivity contribution in [1.82, 2.24) is 9.88 Å². The molecular formula is C26H28FN3O5. The zero-order chi connectivity index (χ0) is 25.8. The van der Waals surface area contributed by atoms with Crippen LogP contribution in [-0.2, 0) is 17.9 Å². The Morgan fingerprint density at radius 3 is 2.51 bits per heavy atom. The van der Waals surface area contributed by atoms with Gasteiger partial charge in [0.25, 0.3) is 0 Å². The molecule has 3 aromatic rings. The van der Waals surface area contributed by atoms with E-state index in [9.17, 15) is 19.1 Å². The molecular weight excluding hydrogens is 453 g/mol. The fraction of sp³-hybridized carbons (Fsp3) is 0.269. The molecule has 2 aromatic carbocycles. The number of anilines is 1. The molecule has 0 fully saturated rings. The van der Waals surface area contributed by atoms with Gasteiger partial charge in [-0.25, -0.2) is 19.0 Å². The number of ether oxygens (including phenoxy) is 2. The quantitative estimate of drug-likeness (QED) is 0.482. The maximum absolute atomic E-state index is 13.7. The number of hydrogen-bond donors (Lipinski definition) is 2. The number of rotatable bonds is 7. The van der Waals surface area contributed by atoms with Gasteiger partial charge in [-0.2, -0.15) is 0 Å². The Hall–Kier alpha value is -4.14. The molecule has 1 aromatic heterocycles. The Bertz CT molecular complexity index is 1240. The lowest BCUT2D eigenvalue weighted by Gasteiger charge is -2.25. The molecule has 3 rings (SSSR count). The minimum atomic E-state index is -1.19. The van der Waals surface area contributed by atoms with Crippen molar-refractivity contribution < 1.29 is 28.6 Å². The maximum atomic E-state index is 13.7. The summed E-state index contributed by atoms with van der Waals surface area (Å²) < 4.78 is 24.8. The molecule has 0 bridgehead atoms. The largest absolute Gasteiger partial charge is 0.485 e. The minimum Gasteiger partial charge on any atom is -0.485 e. The van der Waals surface area contributed by atoms with E-state index in [2.05, 4.69) is 4.98 Å². The van der Waals surface area contributed by atoms with Crippen LogP contribution in [0.1, 0.15) is 42.3 Å². The third-order valence-corrected chi connectivity index (χ3v) is 5.00. The third kappa shape index (κ3) is 6.69. The Kier molecular flexibility index (Phi) is 7.58. The SMILES string of the molecule is CN(Cc1ccccc1-c1cnc(N)c(OCc2cc(F)ccc2C(=O)O)c1)C(=O)OC(C)(C)C. The van der Waals surface area contributed by atoms with E-state index in [0.29, 0.717) is 5.56 Å². The summed E-state index contributed by atoms with van der Waals surface area (Å²) in [5, 5.41) is 9.35. The first-order valence-electron chi connectivity index (χ1n) is 10.9. The molecule has 1 heterocycles. The molecule has 9 heteroatoms. The van der Waals surface area contributed by atoms with Crippen molar-refractivity contribution >= 4 is 17.9 Å². The summed E-state index contributed by atoms with van der Waals surface area (Å²) in [6.07, 6.45) is 1.13. The number of hydrogen-bond acceptors (Lipinski definition) is 6. The number of carboxylic acids is 1. The highest BCUT2D eigenvalue weighted by Gasteiger charge is 2.21. The summed E-state index contributed by atoms with van der Waals surface area (Å²) in [5.74, 6) is -1.44. The van der Waals surface area contributed by atoms with Crippen molar-refractivity contribution in [2.24, 2.45) is 0 Å². The standard InChI is InChI=1S/C26H28FN3O5/c1-26(2,3)35-25(33)30(4)14-16-7-5-6-8-20(16)17-12-22(23(28)29-13-17)34-15-18-11-19(27)9-10-21(18)24(31)32/h5-13H,14-15H2,1-4H3,(H2,28,29)(H,31,32). The highest BCUT2D eigenvalue weighted by atomic mass is 19.1. The number of nitrogens with zero attached hydrogens (tertiary/aromatic N) is 2. The molecule has 184 valence electrons. The van der Waals surface area contributed by atoms with Gasteiger partial charge in [-0.1, -0.05) is 24.3 Å². The van der Waals surface area contributed by atoms with Gasteiger partial charge in [-0.05, 0) is 56.2 Å². The fourth-order valence-electron chi connectivity index (χ4n) is 3.36. The van der Waals surface area contributed by atoms with E-state index in [4.69, 9.17) is 15.2 Å². The minimum absolute atomic E-state index is 0.0652. The number of carboxylic acid groups (broad SMARTS) is 1. The molecule has 35 heavy (non-hydrogen) atoms. The molecule has 0 radical (unpaired) electrons. The van der Waals surface area contributed by atoms with E-state index in [0.717, 1.165) is 23.3 Å². The predicted molar refractivity (Wildman–Crippen MR) is 129 cm³/mol. The number of aromatic carboxylic acids is 1. The zero-order valence-corrected chi connectivity index (χ0v) is 20.0. The van der Waals surface area contributed by atoms with E-state index in [1.807, 2.05) is 24.3 Å². The number of carbonyl (C=O) groups is 2. The van der Waals surface area contributed by atoms with Gasteiger partial charge >= 0.3 is 12.1 Å². The molecule has 8 nitrogen and oxygen atoms in total. The van der Waals surface area contributed by atoms with Gasteiger partial charge in [0.1, 0.15) is 18.0 Å². The van der Waals surface area contributed by atoms with Crippen molar-refractivity contribution in [1.29, 1.82) is 0 Å². The third-order valence-electron chi connectivity index (χ3n) is 5.00. The molecule has 0 aliphatic rings. The summed E-state index contributed by atoms with van der Waals surface area (Å²) >= 11 is 0. The molecule has 0 saturated heterocycles. The summed E-state index contributed by atoms with van der Waals surface area (Å²) in [5.41, 5.74) is 7.80. The van der Waals surface area contributed by atoms with Gasteiger partial charge in [0.15, 0.2) is 11.6 Å². The lowest BCUT2D eigenvalue weighted by atomic mass is 10.0. The van der Waals surface area contributed by atoms with E-state index in [-0.39, 0.29) is 35.8 Å². The van der Waals surface area contributed by atoms with Crippen LogP contribution in [0.5, 0.6) is 5.75 Å². The van der Waals surface area contributed by atoms with Crippen LogP contribution in [0.3, 0.4) is 0 Å². The van der Waals surface area contributed by atoms with Crippen LogP contribution in [0, 0.1) is 5.82 Å². The maximum Gasteiger partial charge on any atom is 0.410 e. The van der Waals surface area contributed by atoms with Crippen molar-refractivity contribution in [3.05, 3.63) is 77.2 Å². The first-order chi connectivity index (χ1) is 16.4. The Labute approximate surface area is 203 Å². The van der Waals surface area contributed by atoms with Crippen LogP contribution in [-0.4, -0.2) is 39.7 Å². The number of aromatic nitrogens is 1. The van der Waals surface area contributed by atoms with Gasteiger partial charge < -0.3 is 25.2 Å². The fourth-order valence-corrected chi connectivity index (χ4v) is 3.36. The molecule has 1 amide bonds. The molecule has 0 saturated carbocycles. The molecule has 0 atom stereocenters. The average Bonchev–Trinajstić information content (AvgIpc) is 2.77. The monoisotopic (exact) mass is 481 g/mol. The summed E-state index contributed by atoms with van der Waals surface area (Å²) in [6, 6.07) is 12.5. The first-order valence-corrected chi connectivity index (χ1v) is 10.9. The van der Waals surface area contributed by atoms with Crippen molar-refractivity contribution in [3.63, 3.8) is 0 Å². The van der Waals surface area contributed by atoms with E-state index in [1.54, 1.807) is 40.1 Å². The summed E-state index contributed by atoms with van der Waals surface area (Å²) in [4.78, 5) is 29.5. The van der Waals surface area contributed by atoms with Gasteiger partial charge in [-0.3, -0.25) is 0 Å². The van der Waals surface area contributed by atoms with E-state index < -0.39 is 23.5 Å². The Morgan fingerprint density at radius 2 is 1.83 bits per heavy atom. The van der Waals surface area contributed by atoms with Gasteiger partial charge in [0.2, 0.25) is 0 Å². The van der Waals surface area contributed by atoms with Gasteiger partial charge in [0.05, 0.1) is 5.56 Å². The first kappa shape index (κ1) is 25.5. The van der Waals surface area contributed by atoms with Crippen LogP contribution < -0.4 is 10.5 Å². The number of carbonyl (C=O) groups excluding carboxylic acids is 1. The second kappa shape index (κ2) is 10.4. The van der Waals surface area contributed by atoms with Crippen LogP contribution >= 0.6 is 0 Å². The molecule has 3 N–H and O–H groups in total. The van der Waals surface area contributed by atoms with Crippen LogP contribution in [0.2, 0.25) is 0 Å². The number of pyridine rings is 1. The molecule has 0 unspecified atom stereocenters. The summed E-state index contributed by atoms with van der Waals surface area (Å²) in [6.45, 7) is 5.49. The number of nitrogens with two attached hydrogens (primary N) is 1. The Morgan fingerprint density at radius 1 is 1.11 bits per heavy atom. The highest BCUT2D eigenvalue weighted by molar-refractivity contribution is 5.89. The Balaban J connectivity index is 1.85. The van der Waals surface area contributed by atoms with E-state index >= 15 is 0 Å². The number of benzene rings is 2. The van der Waals surface area contributed by atoms with Crippen LogP contribution in [0.25, 0.3) is 11.1 Å². The zero-order valence-electron chi connectivity index (χ0n) is 20.0. The lowest BCUT2D eigenvalue weighted by Crippen LogP contribution is -2.33. The smallest absolute Gasteiger partial charge is 0.410 e. The lowest BCUT2D eigenvalue weighted by molar-refractivity contribution is 0.0285. The predicted octanol–water partition coefficient (Wildman–Crippen LogP) is 5.11. The van der Waals surface area contributed by atoms with Crippen molar-refractivity contribution in [3.8, 4) is 16.9 Å². The second-order valence-corrected chi connectivity index (χ2v) is 9.00. The normalized spacial score (nSPS) is 11.1. The van der Waals surface area contributed by atoms with Gasteiger partial charge in [-0.15, -0.1) is 0 Å². The molecule has 0 aliphatic heterocycles. The summed E-state index contributed by atoms with van der Waals surface area (Å²) in [7, 11) is 1.65. The van der Waals surface area contributed by atoms with Crippen molar-refractivity contribution in [2.75, 3.05) is 12.8 Å². The highest BCUT2D eigenvalue weighted by Crippen LogP contribution is 2.31. The van der Waals surface area contributed by atoms with Crippen LogP contribution in [0.4, 0.5) is 15.0 Å². The van der Waals surface area contributed by atoms with Crippen molar-refractivity contribution in [2.45, 2.75) is 39.5 Å². The average molecular weight is 482 g/mol. The number of halogens is 1. The second-order valence-electron chi connectivity index (χ2n) is 9.00. The molecule has 0 spiro atoms.